The molecular formula is C23H26IN7O3. The largest absolute Gasteiger partial charge is 0.465 e. The van der Waals surface area contributed by atoms with Crippen LogP contribution in [0.2, 0.25) is 0 Å². The van der Waals surface area contributed by atoms with Gasteiger partial charge in [0.15, 0.2) is 15.6 Å². The number of hydrogen-bond donors (Lipinski definition) is 2. The molecule has 1 amide bonds. The Hall–Kier alpha value is -2.54. The van der Waals surface area contributed by atoms with Crippen LogP contribution in [0.15, 0.2) is 30.7 Å². The van der Waals surface area contributed by atoms with E-state index in [-0.39, 0.29) is 11.6 Å². The molecule has 4 atom stereocenters. The van der Waals surface area contributed by atoms with Crippen LogP contribution in [0.1, 0.15) is 37.5 Å². The van der Waals surface area contributed by atoms with Crippen LogP contribution in [0.4, 0.5) is 10.6 Å². The van der Waals surface area contributed by atoms with Gasteiger partial charge in [0.1, 0.15) is 11.3 Å². The van der Waals surface area contributed by atoms with Crippen molar-refractivity contribution in [2.75, 3.05) is 31.1 Å². The molecule has 6 rings (SSSR count). The van der Waals surface area contributed by atoms with Gasteiger partial charge in [-0.3, -0.25) is 4.98 Å². The van der Waals surface area contributed by atoms with Gasteiger partial charge in [-0.1, -0.05) is 6.07 Å². The molecule has 2 saturated heterocycles. The van der Waals surface area contributed by atoms with E-state index in [1.807, 2.05) is 23.1 Å². The zero-order chi connectivity index (χ0) is 23.3. The van der Waals surface area contributed by atoms with Gasteiger partial charge in [0.25, 0.3) is 0 Å². The number of fused-ring (bicyclic) bond motifs is 2. The molecular weight excluding hydrogens is 549 g/mol. The minimum atomic E-state index is -0.993. The number of carbonyl (C=O) groups is 1. The summed E-state index contributed by atoms with van der Waals surface area (Å²) in [6.07, 6.45) is 8.46. The van der Waals surface area contributed by atoms with Gasteiger partial charge in [0, 0.05) is 44.0 Å². The summed E-state index contributed by atoms with van der Waals surface area (Å²) in [5, 5.41) is 16.6. The summed E-state index contributed by atoms with van der Waals surface area (Å²) in [4.78, 5) is 27.6. The van der Waals surface area contributed by atoms with Gasteiger partial charge >= 0.3 is 6.09 Å². The topological polar surface area (TPSA) is 118 Å². The Kier molecular flexibility index (Phi) is 5.55. The van der Waals surface area contributed by atoms with E-state index in [4.69, 9.17) is 19.8 Å². The average Bonchev–Trinajstić information content (AvgIpc) is 3.41. The number of ether oxygens (including phenoxy) is 1. The SMILES string of the molecule is O=C(O)NCC1(c2cccnc2)C2CCN(c3cnc4c(I)nn(C5CCCCO5)c4n3)CC21. The number of piperidine rings is 1. The van der Waals surface area contributed by atoms with E-state index in [1.54, 1.807) is 6.20 Å². The highest BCUT2D eigenvalue weighted by molar-refractivity contribution is 14.1. The molecule has 11 heteroatoms. The molecule has 2 aliphatic heterocycles. The van der Waals surface area contributed by atoms with Crippen LogP contribution in [-0.4, -0.2) is 62.2 Å². The summed E-state index contributed by atoms with van der Waals surface area (Å²) in [5.41, 5.74) is 2.43. The predicted molar refractivity (Wildman–Crippen MR) is 133 cm³/mol. The quantitative estimate of drug-likeness (QED) is 0.446. The van der Waals surface area contributed by atoms with Crippen LogP contribution in [0, 0.1) is 15.5 Å². The molecule has 0 aromatic carbocycles. The fourth-order valence-corrected chi connectivity index (χ4v) is 6.59. The summed E-state index contributed by atoms with van der Waals surface area (Å²) in [7, 11) is 0. The van der Waals surface area contributed by atoms with Crippen molar-refractivity contribution in [1.29, 1.82) is 0 Å². The molecule has 178 valence electrons. The summed E-state index contributed by atoms with van der Waals surface area (Å²) in [5.74, 6) is 1.57. The van der Waals surface area contributed by atoms with E-state index in [1.165, 1.54) is 0 Å². The Balaban J connectivity index is 1.29. The van der Waals surface area contributed by atoms with Gasteiger partial charge in [-0.15, -0.1) is 0 Å². The van der Waals surface area contributed by atoms with E-state index in [2.05, 4.69) is 43.9 Å². The minimum absolute atomic E-state index is 0.0983. The summed E-state index contributed by atoms with van der Waals surface area (Å²) in [6, 6.07) is 3.99. The van der Waals surface area contributed by atoms with Crippen LogP contribution in [0.25, 0.3) is 11.2 Å². The third-order valence-electron chi connectivity index (χ3n) is 7.66. The average molecular weight is 575 g/mol. The summed E-state index contributed by atoms with van der Waals surface area (Å²) >= 11 is 2.21. The molecule has 2 N–H and O–H groups in total. The summed E-state index contributed by atoms with van der Waals surface area (Å²) < 4.78 is 8.70. The first kappa shape index (κ1) is 22.0. The Morgan fingerprint density at radius 2 is 2.21 bits per heavy atom. The molecule has 10 nitrogen and oxygen atoms in total. The Morgan fingerprint density at radius 1 is 1.29 bits per heavy atom. The second-order valence-corrected chi connectivity index (χ2v) is 10.4. The number of halogens is 1. The smallest absolute Gasteiger partial charge is 0.404 e. The van der Waals surface area contributed by atoms with Gasteiger partial charge < -0.3 is 20.1 Å². The normalized spacial score (nSPS) is 28.5. The molecule has 1 saturated carbocycles. The maximum absolute atomic E-state index is 11.3. The van der Waals surface area contributed by atoms with Crippen molar-refractivity contribution in [3.05, 3.63) is 40.0 Å². The van der Waals surface area contributed by atoms with Crippen molar-refractivity contribution in [3.63, 3.8) is 0 Å². The zero-order valence-corrected chi connectivity index (χ0v) is 20.8. The van der Waals surface area contributed by atoms with Gasteiger partial charge in [0.2, 0.25) is 0 Å². The minimum Gasteiger partial charge on any atom is -0.465 e. The number of hydrogen-bond acceptors (Lipinski definition) is 7. The van der Waals surface area contributed by atoms with Crippen LogP contribution < -0.4 is 10.2 Å². The van der Waals surface area contributed by atoms with Crippen molar-refractivity contribution in [1.82, 2.24) is 30.0 Å². The molecule has 4 unspecified atom stereocenters. The Morgan fingerprint density at radius 3 is 2.97 bits per heavy atom. The highest BCUT2D eigenvalue weighted by Crippen LogP contribution is 2.63. The number of nitrogens with one attached hydrogen (secondary N) is 1. The van der Waals surface area contributed by atoms with E-state index in [0.717, 1.165) is 71.6 Å². The molecule has 5 heterocycles. The second-order valence-electron chi connectivity index (χ2n) is 9.35. The van der Waals surface area contributed by atoms with Crippen molar-refractivity contribution < 1.29 is 14.6 Å². The van der Waals surface area contributed by atoms with Crippen molar-refractivity contribution >= 4 is 45.7 Å². The molecule has 0 spiro atoms. The van der Waals surface area contributed by atoms with Crippen molar-refractivity contribution in [2.24, 2.45) is 11.8 Å². The summed E-state index contributed by atoms with van der Waals surface area (Å²) in [6.45, 7) is 2.78. The molecule has 3 fully saturated rings. The number of nitrogens with zero attached hydrogens (tertiary/aromatic N) is 6. The van der Waals surface area contributed by atoms with Gasteiger partial charge in [-0.05, 0) is 71.7 Å². The standard InChI is InChI=1S/C23H26IN7O3/c24-20-19-21(31(29-20)18-5-1-2-9-34-18)28-17(11-26-19)30-8-6-15-16(12-30)23(15,13-27-22(32)33)14-4-3-7-25-10-14/h3-4,7,10-11,15-16,18,27H,1-2,5-6,8-9,12-13H2,(H,32,33). The lowest BCUT2D eigenvalue weighted by Gasteiger charge is -2.27. The number of rotatable bonds is 5. The molecule has 1 aliphatic carbocycles. The number of anilines is 1. The van der Waals surface area contributed by atoms with Crippen LogP contribution in [-0.2, 0) is 10.2 Å². The fourth-order valence-electron chi connectivity index (χ4n) is 5.97. The fraction of sp³-hybridized carbons (Fsp3) is 0.522. The Bertz CT molecular complexity index is 1220. The predicted octanol–water partition coefficient (Wildman–Crippen LogP) is 3.19. The molecule has 3 aliphatic rings. The maximum Gasteiger partial charge on any atom is 0.404 e. The van der Waals surface area contributed by atoms with Gasteiger partial charge in [-0.25, -0.2) is 19.4 Å². The third kappa shape index (κ3) is 3.60. The second kappa shape index (κ2) is 8.59. The number of aromatic nitrogens is 5. The molecule has 0 radical (unpaired) electrons. The van der Waals surface area contributed by atoms with E-state index < -0.39 is 6.09 Å². The molecule has 34 heavy (non-hydrogen) atoms. The first-order valence-electron chi connectivity index (χ1n) is 11.7. The highest BCUT2D eigenvalue weighted by atomic mass is 127. The maximum atomic E-state index is 11.3. The van der Waals surface area contributed by atoms with Crippen molar-refractivity contribution in [3.8, 4) is 0 Å². The lowest BCUT2D eigenvalue weighted by molar-refractivity contribution is -0.0372. The van der Waals surface area contributed by atoms with Crippen molar-refractivity contribution in [2.45, 2.75) is 37.3 Å². The Labute approximate surface area is 210 Å². The molecule has 3 aromatic rings. The van der Waals surface area contributed by atoms with Crippen LogP contribution in [0.5, 0.6) is 0 Å². The first-order valence-corrected chi connectivity index (χ1v) is 12.8. The number of carboxylic acid groups (broad SMARTS) is 1. The molecule has 3 aromatic heterocycles. The van der Waals surface area contributed by atoms with E-state index >= 15 is 0 Å². The number of pyridine rings is 1. The van der Waals surface area contributed by atoms with Gasteiger partial charge in [0.05, 0.1) is 6.20 Å². The van der Waals surface area contributed by atoms with E-state index in [9.17, 15) is 9.90 Å². The number of amides is 1. The third-order valence-corrected chi connectivity index (χ3v) is 8.39. The van der Waals surface area contributed by atoms with Crippen LogP contribution in [0.3, 0.4) is 0 Å². The zero-order valence-electron chi connectivity index (χ0n) is 18.6. The lowest BCUT2D eigenvalue weighted by Crippen LogP contribution is -2.35. The highest BCUT2D eigenvalue weighted by Gasteiger charge is 2.66. The molecule has 0 bridgehead atoms. The lowest BCUT2D eigenvalue weighted by atomic mass is 9.92. The van der Waals surface area contributed by atoms with Crippen LogP contribution >= 0.6 is 22.6 Å². The van der Waals surface area contributed by atoms with Gasteiger partial charge in [-0.2, -0.15) is 5.10 Å². The first-order chi connectivity index (χ1) is 16.6. The van der Waals surface area contributed by atoms with E-state index in [0.29, 0.717) is 18.4 Å². The monoisotopic (exact) mass is 575 g/mol.